The monoisotopic (exact) mass is 365 g/mol. The van der Waals surface area contributed by atoms with E-state index in [4.69, 9.17) is 9.47 Å². The van der Waals surface area contributed by atoms with Crippen LogP contribution in [0.3, 0.4) is 0 Å². The lowest BCUT2D eigenvalue weighted by Gasteiger charge is -2.29. The maximum Gasteiger partial charge on any atom is 0.261 e. The maximum absolute atomic E-state index is 12.6. The van der Waals surface area contributed by atoms with Gasteiger partial charge in [0.1, 0.15) is 13.2 Å². The second-order valence-corrected chi connectivity index (χ2v) is 6.47. The Labute approximate surface area is 155 Å². The number of para-hydroxylation sites is 3. The molecule has 4 rings (SSSR count). The van der Waals surface area contributed by atoms with Gasteiger partial charge in [-0.1, -0.05) is 24.3 Å². The third kappa shape index (κ3) is 3.48. The standard InChI is InChI=1S/C20H19N3O4/c1-22(10-14-12-26-17-8-4-5-9-18(17)27-14)19(24)11-23-13-21-16-7-3-2-6-15(16)20(23)25/h2-9,13-14H,10-12H2,1H3/t14-/m0/s1. The number of hydrogen-bond acceptors (Lipinski definition) is 5. The number of fused-ring (bicyclic) bond motifs is 2. The molecule has 0 saturated carbocycles. The Bertz CT molecular complexity index is 1050. The van der Waals surface area contributed by atoms with E-state index in [0.717, 1.165) is 0 Å². The number of likely N-dealkylation sites (N-methyl/N-ethyl adjacent to an activating group) is 1. The molecule has 2 heterocycles. The van der Waals surface area contributed by atoms with Gasteiger partial charge in [-0.15, -0.1) is 0 Å². The predicted molar refractivity (Wildman–Crippen MR) is 100.0 cm³/mol. The fraction of sp³-hybridized carbons (Fsp3) is 0.250. The molecule has 7 heteroatoms. The minimum Gasteiger partial charge on any atom is -0.486 e. The average molecular weight is 365 g/mol. The fourth-order valence-corrected chi connectivity index (χ4v) is 3.05. The molecule has 1 amide bonds. The highest BCUT2D eigenvalue weighted by molar-refractivity contribution is 5.78. The minimum absolute atomic E-state index is 0.0721. The van der Waals surface area contributed by atoms with Gasteiger partial charge in [-0.25, -0.2) is 4.98 Å². The summed E-state index contributed by atoms with van der Waals surface area (Å²) in [5, 5.41) is 0.496. The highest BCUT2D eigenvalue weighted by atomic mass is 16.6. The molecule has 0 N–H and O–H groups in total. The molecule has 138 valence electrons. The Kier molecular flexibility index (Phi) is 4.50. The van der Waals surface area contributed by atoms with Crippen molar-refractivity contribution in [2.24, 2.45) is 0 Å². The topological polar surface area (TPSA) is 73.7 Å². The Hall–Kier alpha value is -3.35. The van der Waals surface area contributed by atoms with Crippen molar-refractivity contribution in [2.45, 2.75) is 12.6 Å². The molecule has 0 radical (unpaired) electrons. The van der Waals surface area contributed by atoms with E-state index in [1.54, 1.807) is 30.1 Å². The number of rotatable bonds is 4. The van der Waals surface area contributed by atoms with E-state index < -0.39 is 0 Å². The average Bonchev–Trinajstić information content (AvgIpc) is 2.70. The molecule has 1 atom stereocenters. The van der Waals surface area contributed by atoms with E-state index in [1.807, 2.05) is 30.3 Å². The van der Waals surface area contributed by atoms with E-state index in [0.29, 0.717) is 35.6 Å². The summed E-state index contributed by atoms with van der Waals surface area (Å²) in [4.78, 5) is 30.9. The van der Waals surface area contributed by atoms with E-state index >= 15 is 0 Å². The van der Waals surface area contributed by atoms with Crippen LogP contribution in [0.4, 0.5) is 0 Å². The first kappa shape index (κ1) is 17.1. The van der Waals surface area contributed by atoms with Crippen molar-refractivity contribution < 1.29 is 14.3 Å². The van der Waals surface area contributed by atoms with Crippen LogP contribution in [-0.2, 0) is 11.3 Å². The van der Waals surface area contributed by atoms with E-state index in [2.05, 4.69) is 4.98 Å². The number of aromatic nitrogens is 2. The van der Waals surface area contributed by atoms with Crippen molar-refractivity contribution in [3.05, 3.63) is 65.2 Å². The largest absolute Gasteiger partial charge is 0.486 e. The van der Waals surface area contributed by atoms with Gasteiger partial charge in [-0.2, -0.15) is 0 Å². The molecular weight excluding hydrogens is 346 g/mol. The summed E-state index contributed by atoms with van der Waals surface area (Å²) < 4.78 is 12.9. The van der Waals surface area contributed by atoms with Gasteiger partial charge in [-0.05, 0) is 24.3 Å². The number of carbonyl (C=O) groups excluding carboxylic acids is 1. The van der Waals surface area contributed by atoms with E-state index in [1.165, 1.54) is 10.9 Å². The highest BCUT2D eigenvalue weighted by Crippen LogP contribution is 2.30. The van der Waals surface area contributed by atoms with Crippen LogP contribution >= 0.6 is 0 Å². The fourth-order valence-electron chi connectivity index (χ4n) is 3.05. The van der Waals surface area contributed by atoms with Crippen molar-refractivity contribution in [1.29, 1.82) is 0 Å². The number of benzene rings is 2. The zero-order chi connectivity index (χ0) is 18.8. The maximum atomic E-state index is 12.6. The first-order valence-corrected chi connectivity index (χ1v) is 8.68. The SMILES string of the molecule is CN(C[C@H]1COc2ccccc2O1)C(=O)Cn1cnc2ccccc2c1=O. The quantitative estimate of drug-likeness (QED) is 0.704. The number of nitrogens with zero attached hydrogens (tertiary/aromatic N) is 3. The summed E-state index contributed by atoms with van der Waals surface area (Å²) in [5.41, 5.74) is 0.388. The third-order valence-electron chi connectivity index (χ3n) is 4.51. The third-order valence-corrected chi connectivity index (χ3v) is 4.51. The van der Waals surface area contributed by atoms with Crippen molar-refractivity contribution in [3.63, 3.8) is 0 Å². The highest BCUT2D eigenvalue weighted by Gasteiger charge is 2.24. The van der Waals surface area contributed by atoms with Gasteiger partial charge in [0.2, 0.25) is 5.91 Å². The molecule has 1 aliphatic heterocycles. The molecule has 1 aliphatic rings. The van der Waals surface area contributed by atoms with Crippen LogP contribution in [0.1, 0.15) is 0 Å². The van der Waals surface area contributed by atoms with Crippen LogP contribution in [0.2, 0.25) is 0 Å². The number of carbonyl (C=O) groups is 1. The van der Waals surface area contributed by atoms with Crippen molar-refractivity contribution in [1.82, 2.24) is 14.5 Å². The van der Waals surface area contributed by atoms with Crippen molar-refractivity contribution in [3.8, 4) is 11.5 Å². The minimum atomic E-state index is -0.264. The first-order chi connectivity index (χ1) is 13.1. The van der Waals surface area contributed by atoms with Crippen LogP contribution in [0.25, 0.3) is 10.9 Å². The molecule has 0 spiro atoms. The number of hydrogen-bond donors (Lipinski definition) is 0. The van der Waals surface area contributed by atoms with Crippen LogP contribution in [0.5, 0.6) is 11.5 Å². The van der Waals surface area contributed by atoms with Gasteiger partial charge in [0, 0.05) is 7.05 Å². The summed E-state index contributed by atoms with van der Waals surface area (Å²) in [6.07, 6.45) is 1.15. The molecule has 2 aromatic carbocycles. The second kappa shape index (κ2) is 7.11. The van der Waals surface area contributed by atoms with Crippen molar-refractivity contribution >= 4 is 16.8 Å². The molecule has 0 bridgehead atoms. The number of ether oxygens (including phenoxy) is 2. The molecule has 27 heavy (non-hydrogen) atoms. The summed E-state index contributed by atoms with van der Waals surface area (Å²) in [5.74, 6) is 1.18. The van der Waals surface area contributed by atoms with Gasteiger partial charge >= 0.3 is 0 Å². The van der Waals surface area contributed by atoms with Gasteiger partial charge in [0.05, 0.1) is 23.8 Å². The summed E-state index contributed by atoms with van der Waals surface area (Å²) in [6.45, 7) is 0.659. The van der Waals surface area contributed by atoms with Crippen LogP contribution in [0.15, 0.2) is 59.7 Å². The van der Waals surface area contributed by atoms with Crippen molar-refractivity contribution in [2.75, 3.05) is 20.2 Å². The zero-order valence-electron chi connectivity index (χ0n) is 14.9. The van der Waals surface area contributed by atoms with E-state index in [-0.39, 0.29) is 24.1 Å². The predicted octanol–water partition coefficient (Wildman–Crippen LogP) is 1.69. The lowest BCUT2D eigenvalue weighted by molar-refractivity contribution is -0.132. The van der Waals surface area contributed by atoms with Gasteiger partial charge in [-0.3, -0.25) is 14.2 Å². The summed E-state index contributed by atoms with van der Waals surface area (Å²) in [6, 6.07) is 14.5. The second-order valence-electron chi connectivity index (χ2n) is 6.47. The lowest BCUT2D eigenvalue weighted by atomic mass is 10.2. The normalized spacial score (nSPS) is 15.5. The Morgan fingerprint density at radius 2 is 1.93 bits per heavy atom. The molecular formula is C20H19N3O4. The smallest absolute Gasteiger partial charge is 0.261 e. The first-order valence-electron chi connectivity index (χ1n) is 8.68. The van der Waals surface area contributed by atoms with Gasteiger partial charge in [0.15, 0.2) is 17.6 Å². The molecule has 0 saturated heterocycles. The number of amides is 1. The van der Waals surface area contributed by atoms with Crippen LogP contribution in [-0.4, -0.2) is 46.7 Å². The molecule has 0 fully saturated rings. The van der Waals surface area contributed by atoms with E-state index in [9.17, 15) is 9.59 Å². The Morgan fingerprint density at radius 1 is 1.19 bits per heavy atom. The molecule has 7 nitrogen and oxygen atoms in total. The Balaban J connectivity index is 1.43. The lowest BCUT2D eigenvalue weighted by Crippen LogP contribution is -2.43. The summed E-state index contributed by atoms with van der Waals surface area (Å²) in [7, 11) is 1.69. The van der Waals surface area contributed by atoms with Gasteiger partial charge < -0.3 is 14.4 Å². The molecule has 1 aromatic heterocycles. The Morgan fingerprint density at radius 3 is 2.78 bits per heavy atom. The zero-order valence-corrected chi connectivity index (χ0v) is 14.9. The van der Waals surface area contributed by atoms with Crippen LogP contribution < -0.4 is 15.0 Å². The van der Waals surface area contributed by atoms with Gasteiger partial charge in [0.25, 0.3) is 5.56 Å². The molecule has 0 aliphatic carbocycles. The summed E-state index contributed by atoms with van der Waals surface area (Å²) >= 11 is 0. The molecule has 3 aromatic rings. The van der Waals surface area contributed by atoms with Crippen LogP contribution in [0, 0.1) is 0 Å². The molecule has 0 unspecified atom stereocenters.